The maximum atomic E-state index is 12.5. The second-order valence-corrected chi connectivity index (χ2v) is 11.5. The lowest BCUT2D eigenvalue weighted by Crippen LogP contribution is -2.39. The lowest BCUT2D eigenvalue weighted by molar-refractivity contribution is -0.141. The van der Waals surface area contributed by atoms with Gasteiger partial charge in [0, 0.05) is 29.6 Å². The number of unbranched alkanes of at least 4 members (excludes halogenated alkanes) is 7. The van der Waals surface area contributed by atoms with Crippen molar-refractivity contribution in [1.29, 1.82) is 0 Å². The van der Waals surface area contributed by atoms with Crippen LogP contribution >= 0.6 is 11.8 Å². The fourth-order valence-electron chi connectivity index (χ4n) is 5.00. The van der Waals surface area contributed by atoms with Crippen molar-refractivity contribution in [3.05, 3.63) is 0 Å². The second-order valence-electron chi connectivity index (χ2n) is 10.2. The van der Waals surface area contributed by atoms with Gasteiger partial charge in [-0.3, -0.25) is 9.59 Å². The molecule has 3 saturated heterocycles. The molecule has 3 heterocycles. The van der Waals surface area contributed by atoms with E-state index in [0.29, 0.717) is 36.8 Å². The van der Waals surface area contributed by atoms with Crippen molar-refractivity contribution in [1.82, 2.24) is 21.4 Å². The maximum absolute atomic E-state index is 12.5. The molecule has 0 saturated carbocycles. The van der Waals surface area contributed by atoms with Gasteiger partial charge in [-0.2, -0.15) is 16.9 Å². The summed E-state index contributed by atoms with van der Waals surface area (Å²) in [6.07, 6.45) is 12.2. The molecule has 0 spiro atoms. The Morgan fingerprint density at radius 1 is 1.00 bits per heavy atom. The first kappa shape index (κ1) is 29.3. The Bertz CT molecular complexity index is 823. The third-order valence-electron chi connectivity index (χ3n) is 7.12. The Morgan fingerprint density at radius 2 is 1.76 bits per heavy atom. The van der Waals surface area contributed by atoms with Crippen LogP contribution < -0.4 is 21.4 Å². The molecule has 0 aromatic heterocycles. The van der Waals surface area contributed by atoms with Gasteiger partial charge in [0.2, 0.25) is 11.8 Å². The van der Waals surface area contributed by atoms with Crippen molar-refractivity contribution in [2.24, 2.45) is 5.10 Å². The number of nitrogens with zero attached hydrogens (tertiary/aromatic N) is 1. The van der Waals surface area contributed by atoms with Crippen molar-refractivity contribution in [3.8, 4) is 0 Å². The second kappa shape index (κ2) is 15.8. The Kier molecular flexibility index (Phi) is 12.5. The number of carbonyl (C=O) groups excluding carboxylic acids is 4. The topological polar surface area (TPSA) is 138 Å². The molecule has 4 atom stereocenters. The molecule has 3 aliphatic heterocycles. The van der Waals surface area contributed by atoms with Crippen LogP contribution in [-0.4, -0.2) is 65.3 Å². The van der Waals surface area contributed by atoms with E-state index in [2.05, 4.69) is 33.4 Å². The highest BCUT2D eigenvalue weighted by Gasteiger charge is 2.42. The number of cyclic esters (lactones) is 1. The number of hydrazone groups is 1. The number of ether oxygens (including phenoxy) is 1. The molecular weight excluding hydrogens is 494 g/mol. The molecule has 0 aromatic rings. The molecule has 208 valence electrons. The van der Waals surface area contributed by atoms with Crippen LogP contribution in [0.2, 0.25) is 0 Å². The minimum Gasteiger partial charge on any atom is -0.464 e. The van der Waals surface area contributed by atoms with Gasteiger partial charge < -0.3 is 20.7 Å². The number of fused-ring (bicyclic) bond motifs is 1. The minimum absolute atomic E-state index is 0.0567. The Labute approximate surface area is 224 Å². The lowest BCUT2D eigenvalue weighted by atomic mass is 10.0. The molecule has 4 N–H and O–H groups in total. The molecule has 3 aliphatic rings. The summed E-state index contributed by atoms with van der Waals surface area (Å²) in [5, 5.41) is 13.3. The average Bonchev–Trinajstić information content (AvgIpc) is 3.55. The summed E-state index contributed by atoms with van der Waals surface area (Å²) in [6.45, 7) is 2.52. The van der Waals surface area contributed by atoms with E-state index in [1.165, 1.54) is 25.7 Å². The van der Waals surface area contributed by atoms with Crippen molar-refractivity contribution >= 4 is 41.3 Å². The predicted molar refractivity (Wildman–Crippen MR) is 144 cm³/mol. The molecule has 11 heteroatoms. The van der Waals surface area contributed by atoms with Crippen molar-refractivity contribution in [2.45, 2.75) is 120 Å². The normalized spacial score (nSPS) is 24.8. The van der Waals surface area contributed by atoms with E-state index in [1.807, 2.05) is 11.8 Å². The SMILES string of the molecule is CCCCCCCCC/C(CC(=O)N[C@H]1CCOC1=O)=N\NC(=O)CCCCC1SCC2NC(=O)NC21. The van der Waals surface area contributed by atoms with E-state index in [0.717, 1.165) is 44.3 Å². The summed E-state index contributed by atoms with van der Waals surface area (Å²) in [6, 6.07) is -0.279. The van der Waals surface area contributed by atoms with Crippen molar-refractivity contribution in [3.63, 3.8) is 0 Å². The zero-order chi connectivity index (χ0) is 26.5. The Morgan fingerprint density at radius 3 is 2.51 bits per heavy atom. The molecule has 0 bridgehead atoms. The molecule has 3 unspecified atom stereocenters. The van der Waals surface area contributed by atoms with Gasteiger partial charge in [0.05, 0.1) is 25.1 Å². The van der Waals surface area contributed by atoms with Crippen LogP contribution in [0.1, 0.15) is 96.8 Å². The summed E-state index contributed by atoms with van der Waals surface area (Å²) in [4.78, 5) is 48.1. The largest absolute Gasteiger partial charge is 0.464 e. The minimum atomic E-state index is -0.594. The van der Waals surface area contributed by atoms with Gasteiger partial charge in [0.15, 0.2) is 0 Å². The zero-order valence-electron chi connectivity index (χ0n) is 22.0. The summed E-state index contributed by atoms with van der Waals surface area (Å²) >= 11 is 1.87. The van der Waals surface area contributed by atoms with Gasteiger partial charge in [-0.15, -0.1) is 0 Å². The molecule has 37 heavy (non-hydrogen) atoms. The van der Waals surface area contributed by atoms with Gasteiger partial charge in [0.25, 0.3) is 0 Å². The zero-order valence-corrected chi connectivity index (χ0v) is 22.8. The predicted octanol–water partition coefficient (Wildman–Crippen LogP) is 3.15. The number of nitrogens with one attached hydrogen (secondary N) is 4. The van der Waals surface area contributed by atoms with Gasteiger partial charge in [-0.05, 0) is 25.7 Å². The van der Waals surface area contributed by atoms with E-state index in [-0.39, 0.29) is 36.3 Å². The number of hydrogen-bond acceptors (Lipinski definition) is 7. The standard InChI is InChI=1S/C26H43N5O5S/c1-2-3-4-5-6-7-8-11-18(16-23(33)27-19-14-15-36-25(19)34)30-31-22(32)13-10-9-12-21-24-20(17-37-21)28-26(35)29-24/h19-21,24H,2-17H2,1H3,(H,27,33)(H,31,32)(H2,28,29,35)/b30-18+/t19-,20?,21?,24?/m0/s1. The summed E-state index contributed by atoms with van der Waals surface area (Å²) in [7, 11) is 0. The van der Waals surface area contributed by atoms with Crippen LogP contribution in [0.3, 0.4) is 0 Å². The van der Waals surface area contributed by atoms with Crippen LogP contribution in [0.5, 0.6) is 0 Å². The third-order valence-corrected chi connectivity index (χ3v) is 8.63. The van der Waals surface area contributed by atoms with E-state index >= 15 is 0 Å². The van der Waals surface area contributed by atoms with E-state index in [1.54, 1.807) is 0 Å². The molecule has 0 aromatic carbocycles. The first-order valence-corrected chi connectivity index (χ1v) is 15.0. The molecule has 4 amide bonds. The van der Waals surface area contributed by atoms with E-state index < -0.39 is 12.0 Å². The molecule has 0 radical (unpaired) electrons. The number of hydrogen-bond donors (Lipinski definition) is 4. The van der Waals surface area contributed by atoms with Crippen LogP contribution in [0, 0.1) is 0 Å². The number of thioether (sulfide) groups is 1. The van der Waals surface area contributed by atoms with Crippen molar-refractivity contribution in [2.75, 3.05) is 12.4 Å². The summed E-state index contributed by atoms with van der Waals surface area (Å²) in [5.41, 5.74) is 3.26. The van der Waals surface area contributed by atoms with E-state index in [4.69, 9.17) is 4.74 Å². The fourth-order valence-corrected chi connectivity index (χ4v) is 6.54. The molecular formula is C26H43N5O5S. The number of amides is 4. The smallest absolute Gasteiger partial charge is 0.328 e. The number of urea groups is 1. The maximum Gasteiger partial charge on any atom is 0.328 e. The first-order valence-electron chi connectivity index (χ1n) is 13.9. The monoisotopic (exact) mass is 537 g/mol. The van der Waals surface area contributed by atoms with Gasteiger partial charge >= 0.3 is 12.0 Å². The van der Waals surface area contributed by atoms with Crippen molar-refractivity contribution < 1.29 is 23.9 Å². The van der Waals surface area contributed by atoms with Crippen LogP contribution in [-0.2, 0) is 19.1 Å². The van der Waals surface area contributed by atoms with E-state index in [9.17, 15) is 19.2 Å². The van der Waals surface area contributed by atoms with Gasteiger partial charge in [-0.25, -0.2) is 15.0 Å². The number of rotatable bonds is 17. The quantitative estimate of drug-likeness (QED) is 0.0739. The van der Waals surface area contributed by atoms with Gasteiger partial charge in [0.1, 0.15) is 6.04 Å². The van der Waals surface area contributed by atoms with Crippen LogP contribution in [0.25, 0.3) is 0 Å². The average molecular weight is 538 g/mol. The highest BCUT2D eigenvalue weighted by Crippen LogP contribution is 2.33. The van der Waals surface area contributed by atoms with Crippen LogP contribution in [0.15, 0.2) is 5.10 Å². The molecule has 10 nitrogen and oxygen atoms in total. The Balaban J connectivity index is 1.38. The summed E-state index contributed by atoms with van der Waals surface area (Å²) < 4.78 is 4.91. The molecule has 3 fully saturated rings. The number of carbonyl (C=O) groups is 4. The van der Waals surface area contributed by atoms with Crippen LogP contribution in [0.4, 0.5) is 4.79 Å². The third kappa shape index (κ3) is 10.2. The summed E-state index contributed by atoms with van der Waals surface area (Å²) in [5.74, 6) is 0.0935. The highest BCUT2D eigenvalue weighted by molar-refractivity contribution is 8.00. The van der Waals surface area contributed by atoms with Gasteiger partial charge in [-0.1, -0.05) is 51.9 Å². The lowest BCUT2D eigenvalue weighted by Gasteiger charge is -2.16. The fraction of sp³-hybridized carbons (Fsp3) is 0.808. The molecule has 3 rings (SSSR count). The molecule has 0 aliphatic carbocycles. The number of esters is 1. The first-order chi connectivity index (χ1) is 18.0. The Hall–Kier alpha value is -2.30. The highest BCUT2D eigenvalue weighted by atomic mass is 32.2.